The first-order valence-corrected chi connectivity index (χ1v) is 17.5. The van der Waals surface area contributed by atoms with Crippen molar-refractivity contribution in [3.8, 4) is 16.9 Å². The zero-order chi connectivity index (χ0) is 35.9. The second-order valence-corrected chi connectivity index (χ2v) is 12.9. The van der Waals surface area contributed by atoms with Crippen LogP contribution in [-0.2, 0) is 11.3 Å². The Hall–Kier alpha value is -6.36. The Morgan fingerprint density at radius 1 is 0.846 bits per heavy atom. The highest BCUT2D eigenvalue weighted by molar-refractivity contribution is 6.10. The molecule has 2 aromatic heterocycles. The monoisotopic (exact) mass is 693 g/mol. The van der Waals surface area contributed by atoms with Gasteiger partial charge in [0.2, 0.25) is 5.91 Å². The number of aromatic nitrogens is 4. The van der Waals surface area contributed by atoms with Crippen LogP contribution in [0.4, 0.5) is 5.69 Å². The molecule has 4 aromatic carbocycles. The predicted molar refractivity (Wildman–Crippen MR) is 197 cm³/mol. The second-order valence-electron chi connectivity index (χ2n) is 12.9. The van der Waals surface area contributed by atoms with Crippen molar-refractivity contribution in [3.05, 3.63) is 150 Å². The van der Waals surface area contributed by atoms with Gasteiger partial charge in [-0.25, -0.2) is 4.68 Å². The van der Waals surface area contributed by atoms with Gasteiger partial charge in [0, 0.05) is 28.9 Å². The van der Waals surface area contributed by atoms with Gasteiger partial charge in [-0.05, 0) is 61.7 Å². The lowest BCUT2D eigenvalue weighted by Crippen LogP contribution is -2.47. The second kappa shape index (κ2) is 15.7. The molecule has 0 spiro atoms. The SMILES string of the molecule is Cc1c(C(=O)NCc2cc(-c3ccccc3)no2)nnn1-c1ccc(C(=O)N(c2ccccc2)C(C(=O)NC2CCCCC2)c2ccccc2)cc1. The molecule has 1 aliphatic carbocycles. The zero-order valence-electron chi connectivity index (χ0n) is 28.8. The molecule has 6 aromatic rings. The summed E-state index contributed by atoms with van der Waals surface area (Å²) in [5.41, 5.74) is 4.60. The molecular weight excluding hydrogens is 654 g/mol. The normalized spacial score (nSPS) is 13.6. The number of carbonyl (C=O) groups is 3. The Bertz CT molecular complexity index is 2120. The summed E-state index contributed by atoms with van der Waals surface area (Å²) in [5, 5.41) is 18.6. The summed E-state index contributed by atoms with van der Waals surface area (Å²) in [5.74, 6) is -0.451. The summed E-state index contributed by atoms with van der Waals surface area (Å²) in [6.07, 6.45) is 5.17. The largest absolute Gasteiger partial charge is 0.359 e. The lowest BCUT2D eigenvalue weighted by Gasteiger charge is -2.33. The third kappa shape index (κ3) is 7.53. The quantitative estimate of drug-likeness (QED) is 0.149. The fourth-order valence-electron chi connectivity index (χ4n) is 6.61. The van der Waals surface area contributed by atoms with E-state index in [1.165, 1.54) is 6.42 Å². The molecule has 0 radical (unpaired) electrons. The van der Waals surface area contributed by atoms with Crippen LogP contribution in [0.25, 0.3) is 16.9 Å². The average molecular weight is 694 g/mol. The van der Waals surface area contributed by atoms with Gasteiger partial charge in [0.25, 0.3) is 11.8 Å². The van der Waals surface area contributed by atoms with Crippen molar-refractivity contribution in [2.45, 2.75) is 57.7 Å². The molecule has 11 heteroatoms. The minimum absolute atomic E-state index is 0.0759. The van der Waals surface area contributed by atoms with Gasteiger partial charge in [0.05, 0.1) is 17.9 Å². The molecule has 1 saturated carbocycles. The van der Waals surface area contributed by atoms with Gasteiger partial charge < -0.3 is 15.2 Å². The Kier molecular flexibility index (Phi) is 10.3. The zero-order valence-corrected chi connectivity index (χ0v) is 28.8. The molecule has 262 valence electrons. The number of benzene rings is 4. The highest BCUT2D eigenvalue weighted by Crippen LogP contribution is 2.31. The molecule has 2 N–H and O–H groups in total. The van der Waals surface area contributed by atoms with E-state index in [4.69, 9.17) is 4.52 Å². The molecule has 52 heavy (non-hydrogen) atoms. The molecular formula is C41H39N7O4. The van der Waals surface area contributed by atoms with Gasteiger partial charge in [-0.3, -0.25) is 19.3 Å². The van der Waals surface area contributed by atoms with E-state index < -0.39 is 11.9 Å². The Labute approximate surface area is 301 Å². The maximum absolute atomic E-state index is 14.5. The Morgan fingerprint density at radius 2 is 1.50 bits per heavy atom. The minimum Gasteiger partial charge on any atom is -0.359 e. The van der Waals surface area contributed by atoms with E-state index in [-0.39, 0.29) is 30.1 Å². The summed E-state index contributed by atoms with van der Waals surface area (Å²) < 4.78 is 6.96. The van der Waals surface area contributed by atoms with Crippen LogP contribution in [-0.4, -0.2) is 43.9 Å². The summed E-state index contributed by atoms with van der Waals surface area (Å²) >= 11 is 0. The first-order valence-electron chi connectivity index (χ1n) is 17.5. The molecule has 7 rings (SSSR count). The first-order chi connectivity index (χ1) is 25.5. The molecule has 3 amide bonds. The summed E-state index contributed by atoms with van der Waals surface area (Å²) in [7, 11) is 0. The van der Waals surface area contributed by atoms with Gasteiger partial charge in [0.15, 0.2) is 11.5 Å². The third-order valence-electron chi connectivity index (χ3n) is 9.35. The smallest absolute Gasteiger partial charge is 0.274 e. The van der Waals surface area contributed by atoms with Gasteiger partial charge in [-0.1, -0.05) is 108 Å². The van der Waals surface area contributed by atoms with E-state index in [0.29, 0.717) is 39.6 Å². The number of rotatable bonds is 11. The van der Waals surface area contributed by atoms with Crippen molar-refractivity contribution in [3.63, 3.8) is 0 Å². The molecule has 11 nitrogen and oxygen atoms in total. The van der Waals surface area contributed by atoms with Crippen molar-refractivity contribution in [1.29, 1.82) is 0 Å². The van der Waals surface area contributed by atoms with Crippen LogP contribution in [0.5, 0.6) is 0 Å². The van der Waals surface area contributed by atoms with Gasteiger partial charge >= 0.3 is 0 Å². The fraction of sp³-hybridized carbons (Fsp3) is 0.220. The molecule has 1 aliphatic rings. The maximum atomic E-state index is 14.5. The van der Waals surface area contributed by atoms with Crippen LogP contribution < -0.4 is 15.5 Å². The number of amides is 3. The molecule has 0 aliphatic heterocycles. The topological polar surface area (TPSA) is 135 Å². The molecule has 0 saturated heterocycles. The lowest BCUT2D eigenvalue weighted by molar-refractivity contribution is -0.123. The third-order valence-corrected chi connectivity index (χ3v) is 9.35. The fourth-order valence-corrected chi connectivity index (χ4v) is 6.61. The molecule has 2 heterocycles. The standard InChI is InChI=1S/C41H39N7O4/c1-28-37(39(49)42-27-35-26-36(45-52-35)29-14-6-2-7-15-29)44-46-48(28)34-24-22-31(23-25-34)41(51)47(33-20-12-5-13-21-33)38(30-16-8-3-9-17-30)40(50)43-32-18-10-4-11-19-32/h2-3,5-9,12-17,20-26,32,38H,4,10-11,18-19,27H2,1H3,(H,42,49)(H,43,50). The van der Waals surface area contributed by atoms with Crippen molar-refractivity contribution < 1.29 is 18.9 Å². The van der Waals surface area contributed by atoms with E-state index >= 15 is 0 Å². The Balaban J connectivity index is 1.10. The van der Waals surface area contributed by atoms with Crippen LogP contribution in [0.1, 0.15) is 76.0 Å². The molecule has 1 atom stereocenters. The van der Waals surface area contributed by atoms with Gasteiger partial charge in [-0.15, -0.1) is 5.10 Å². The number of hydrogen-bond acceptors (Lipinski definition) is 7. The van der Waals surface area contributed by atoms with Crippen LogP contribution in [0, 0.1) is 6.92 Å². The number of hydrogen-bond donors (Lipinski definition) is 2. The highest BCUT2D eigenvalue weighted by atomic mass is 16.5. The molecule has 1 fully saturated rings. The maximum Gasteiger partial charge on any atom is 0.274 e. The number of anilines is 1. The number of nitrogens with zero attached hydrogens (tertiary/aromatic N) is 5. The van der Waals surface area contributed by atoms with E-state index in [1.54, 1.807) is 46.8 Å². The van der Waals surface area contributed by atoms with Gasteiger partial charge in [0.1, 0.15) is 11.7 Å². The van der Waals surface area contributed by atoms with E-state index in [2.05, 4.69) is 26.1 Å². The predicted octanol–water partition coefficient (Wildman–Crippen LogP) is 7.00. The van der Waals surface area contributed by atoms with Crippen molar-refractivity contribution >= 4 is 23.4 Å². The van der Waals surface area contributed by atoms with Gasteiger partial charge in [-0.2, -0.15) is 0 Å². The number of para-hydroxylation sites is 1. The summed E-state index contributed by atoms with van der Waals surface area (Å²) in [6, 6.07) is 36.2. The highest BCUT2D eigenvalue weighted by Gasteiger charge is 2.34. The Morgan fingerprint density at radius 3 is 2.19 bits per heavy atom. The van der Waals surface area contributed by atoms with Crippen LogP contribution in [0.3, 0.4) is 0 Å². The van der Waals surface area contributed by atoms with Crippen LogP contribution in [0.2, 0.25) is 0 Å². The van der Waals surface area contributed by atoms with E-state index in [1.807, 2.05) is 91.0 Å². The lowest BCUT2D eigenvalue weighted by atomic mass is 9.94. The molecule has 1 unspecified atom stereocenters. The summed E-state index contributed by atoms with van der Waals surface area (Å²) in [6.45, 7) is 1.88. The first kappa shape index (κ1) is 34.1. The summed E-state index contributed by atoms with van der Waals surface area (Å²) in [4.78, 5) is 43.3. The minimum atomic E-state index is -0.891. The number of nitrogens with one attached hydrogen (secondary N) is 2. The van der Waals surface area contributed by atoms with Crippen LogP contribution in [0.15, 0.2) is 126 Å². The average Bonchev–Trinajstić information content (AvgIpc) is 3.84. The molecule has 0 bridgehead atoms. The van der Waals surface area contributed by atoms with E-state index in [0.717, 1.165) is 31.2 Å². The van der Waals surface area contributed by atoms with E-state index in [9.17, 15) is 14.4 Å². The van der Waals surface area contributed by atoms with Crippen molar-refractivity contribution in [2.75, 3.05) is 4.90 Å². The number of carbonyl (C=O) groups excluding carboxylic acids is 3. The van der Waals surface area contributed by atoms with Crippen molar-refractivity contribution in [2.24, 2.45) is 0 Å². The van der Waals surface area contributed by atoms with Crippen molar-refractivity contribution in [1.82, 2.24) is 30.8 Å². The van der Waals surface area contributed by atoms with Crippen LogP contribution >= 0.6 is 0 Å².